The van der Waals surface area contributed by atoms with Crippen LogP contribution in [-0.4, -0.2) is 35.1 Å². The minimum absolute atomic E-state index is 0.180. The number of halogens is 3. The number of carbonyl (C=O) groups is 1. The highest BCUT2D eigenvalue weighted by atomic mass is 19.4. The Balaban J connectivity index is 1.37. The van der Waals surface area contributed by atoms with Gasteiger partial charge in [-0.1, -0.05) is 18.2 Å². The van der Waals surface area contributed by atoms with E-state index in [2.05, 4.69) is 10.3 Å². The Morgan fingerprint density at radius 3 is 2.62 bits per heavy atom. The van der Waals surface area contributed by atoms with Gasteiger partial charge in [-0.3, -0.25) is 4.98 Å². The van der Waals surface area contributed by atoms with E-state index < -0.39 is 11.7 Å². The number of pyridine rings is 1. The molecule has 2 amide bonds. The van der Waals surface area contributed by atoms with Crippen LogP contribution in [0.2, 0.25) is 0 Å². The minimum Gasteiger partial charge on any atom is -0.486 e. The number of urea groups is 1. The lowest BCUT2D eigenvalue weighted by molar-refractivity contribution is -0.137. The van der Waals surface area contributed by atoms with Gasteiger partial charge in [-0.2, -0.15) is 13.2 Å². The van der Waals surface area contributed by atoms with Crippen molar-refractivity contribution < 1.29 is 22.7 Å². The standard InChI is InChI=1S/C21H18F3N3O2/c22-21(23,24)15-6-8-16(9-7-15)26-20(28)27-12-10-17(13-27)29-18-5-1-3-14-4-2-11-25-19(14)18/h1-9,11,17H,10,12-13H2,(H,26,28). The molecule has 0 bridgehead atoms. The molecule has 2 aromatic carbocycles. The molecular formula is C21H18F3N3O2. The minimum atomic E-state index is -4.40. The molecule has 1 aliphatic heterocycles. The number of carbonyl (C=O) groups excluding carboxylic acids is 1. The van der Waals surface area contributed by atoms with Gasteiger partial charge in [0.05, 0.1) is 12.1 Å². The van der Waals surface area contributed by atoms with E-state index >= 15 is 0 Å². The van der Waals surface area contributed by atoms with Crippen molar-refractivity contribution in [3.05, 3.63) is 66.4 Å². The smallest absolute Gasteiger partial charge is 0.416 e. The quantitative estimate of drug-likeness (QED) is 0.677. The van der Waals surface area contributed by atoms with Crippen molar-refractivity contribution in [3.8, 4) is 5.75 Å². The Bertz CT molecular complexity index is 1020. The number of ether oxygens (including phenoxy) is 1. The van der Waals surface area contributed by atoms with Crippen molar-refractivity contribution in [3.63, 3.8) is 0 Å². The first-order valence-corrected chi connectivity index (χ1v) is 9.14. The molecule has 4 rings (SSSR count). The van der Waals surface area contributed by atoms with Gasteiger partial charge in [-0.25, -0.2) is 4.79 Å². The maximum absolute atomic E-state index is 12.6. The SMILES string of the molecule is O=C(Nc1ccc(C(F)(F)F)cc1)N1CCC(Oc2cccc3cccnc23)C1. The highest BCUT2D eigenvalue weighted by Crippen LogP contribution is 2.30. The van der Waals surface area contributed by atoms with Crippen LogP contribution in [0.3, 0.4) is 0 Å². The van der Waals surface area contributed by atoms with E-state index in [4.69, 9.17) is 4.74 Å². The molecule has 1 aliphatic rings. The van der Waals surface area contributed by atoms with Crippen LogP contribution in [0.1, 0.15) is 12.0 Å². The number of hydrogen-bond donors (Lipinski definition) is 1. The van der Waals surface area contributed by atoms with Crippen molar-refractivity contribution in [2.75, 3.05) is 18.4 Å². The highest BCUT2D eigenvalue weighted by molar-refractivity contribution is 5.89. The molecule has 1 atom stereocenters. The fourth-order valence-corrected chi connectivity index (χ4v) is 3.30. The summed E-state index contributed by atoms with van der Waals surface area (Å²) in [5.74, 6) is 0.665. The molecule has 150 valence electrons. The molecule has 0 radical (unpaired) electrons. The third kappa shape index (κ3) is 4.26. The lowest BCUT2D eigenvalue weighted by Gasteiger charge is -2.18. The third-order valence-electron chi connectivity index (χ3n) is 4.79. The van der Waals surface area contributed by atoms with E-state index in [1.165, 1.54) is 12.1 Å². The lowest BCUT2D eigenvalue weighted by Crippen LogP contribution is -2.34. The zero-order valence-corrected chi connectivity index (χ0v) is 15.3. The third-order valence-corrected chi connectivity index (χ3v) is 4.79. The number of alkyl halides is 3. The summed E-state index contributed by atoms with van der Waals surface area (Å²) < 4.78 is 44.0. The predicted octanol–water partition coefficient (Wildman–Crippen LogP) is 4.94. The topological polar surface area (TPSA) is 54.5 Å². The number of likely N-dealkylation sites (tertiary alicyclic amines) is 1. The molecule has 0 saturated carbocycles. The number of para-hydroxylation sites is 1. The summed E-state index contributed by atoms with van der Waals surface area (Å²) in [5, 5.41) is 3.60. The average molecular weight is 401 g/mol. The van der Waals surface area contributed by atoms with Crippen LogP contribution >= 0.6 is 0 Å². The van der Waals surface area contributed by atoms with Gasteiger partial charge in [-0.15, -0.1) is 0 Å². The molecule has 5 nitrogen and oxygen atoms in total. The maximum atomic E-state index is 12.6. The molecule has 1 fully saturated rings. The number of aromatic nitrogens is 1. The van der Waals surface area contributed by atoms with Crippen LogP contribution in [0.15, 0.2) is 60.8 Å². The number of nitrogens with one attached hydrogen (secondary N) is 1. The Kier molecular flexibility index (Phi) is 5.00. The zero-order chi connectivity index (χ0) is 20.4. The number of nitrogens with zero attached hydrogens (tertiary/aromatic N) is 2. The molecule has 1 saturated heterocycles. The van der Waals surface area contributed by atoms with E-state index in [-0.39, 0.29) is 12.1 Å². The Hall–Kier alpha value is -3.29. The number of hydrogen-bond acceptors (Lipinski definition) is 3. The van der Waals surface area contributed by atoms with E-state index in [0.29, 0.717) is 30.9 Å². The number of anilines is 1. The molecular weight excluding hydrogens is 383 g/mol. The van der Waals surface area contributed by atoms with Crippen molar-refractivity contribution in [2.45, 2.75) is 18.7 Å². The largest absolute Gasteiger partial charge is 0.486 e. The lowest BCUT2D eigenvalue weighted by atomic mass is 10.2. The summed E-state index contributed by atoms with van der Waals surface area (Å²) >= 11 is 0. The van der Waals surface area contributed by atoms with Crippen LogP contribution in [0.25, 0.3) is 10.9 Å². The average Bonchev–Trinajstić information content (AvgIpc) is 3.17. The van der Waals surface area contributed by atoms with Crippen molar-refractivity contribution in [1.82, 2.24) is 9.88 Å². The van der Waals surface area contributed by atoms with Crippen LogP contribution in [0.5, 0.6) is 5.75 Å². The van der Waals surface area contributed by atoms with Gasteiger partial charge in [0.15, 0.2) is 0 Å². The Morgan fingerprint density at radius 1 is 1.10 bits per heavy atom. The Morgan fingerprint density at radius 2 is 1.86 bits per heavy atom. The van der Waals surface area contributed by atoms with Crippen LogP contribution in [-0.2, 0) is 6.18 Å². The fraction of sp³-hybridized carbons (Fsp3) is 0.238. The van der Waals surface area contributed by atoms with Gasteiger partial charge >= 0.3 is 12.2 Å². The zero-order valence-electron chi connectivity index (χ0n) is 15.3. The molecule has 1 N–H and O–H groups in total. The number of rotatable bonds is 3. The molecule has 1 aromatic heterocycles. The van der Waals surface area contributed by atoms with Gasteiger partial charge in [0, 0.05) is 30.2 Å². The van der Waals surface area contributed by atoms with Gasteiger partial charge < -0.3 is 15.0 Å². The van der Waals surface area contributed by atoms with Gasteiger partial charge in [0.1, 0.15) is 17.4 Å². The first kappa shape index (κ1) is 19.0. The maximum Gasteiger partial charge on any atom is 0.416 e. The summed E-state index contributed by atoms with van der Waals surface area (Å²) in [5.41, 5.74) is 0.321. The molecule has 3 aromatic rings. The Labute approximate surface area is 165 Å². The number of fused-ring (bicyclic) bond motifs is 1. The summed E-state index contributed by atoms with van der Waals surface area (Å²) in [6.45, 7) is 0.880. The second-order valence-corrected chi connectivity index (χ2v) is 6.81. The van der Waals surface area contributed by atoms with E-state index in [1.807, 2.05) is 30.3 Å². The van der Waals surface area contributed by atoms with Crippen molar-refractivity contribution in [1.29, 1.82) is 0 Å². The summed E-state index contributed by atoms with van der Waals surface area (Å²) in [6.07, 6.45) is -2.23. The number of amides is 2. The molecule has 8 heteroatoms. The second kappa shape index (κ2) is 7.62. The van der Waals surface area contributed by atoms with Crippen molar-refractivity contribution >= 4 is 22.6 Å². The van der Waals surface area contributed by atoms with Gasteiger partial charge in [0.25, 0.3) is 0 Å². The molecule has 2 heterocycles. The first-order chi connectivity index (χ1) is 13.9. The fourth-order valence-electron chi connectivity index (χ4n) is 3.30. The van der Waals surface area contributed by atoms with Crippen molar-refractivity contribution in [2.24, 2.45) is 0 Å². The molecule has 1 unspecified atom stereocenters. The van der Waals surface area contributed by atoms with Crippen LogP contribution in [0, 0.1) is 0 Å². The van der Waals surface area contributed by atoms with Crippen LogP contribution < -0.4 is 10.1 Å². The molecule has 0 aliphatic carbocycles. The van der Waals surface area contributed by atoms with E-state index in [0.717, 1.165) is 23.0 Å². The van der Waals surface area contributed by atoms with Gasteiger partial charge in [-0.05, 0) is 36.4 Å². The summed E-state index contributed by atoms with van der Waals surface area (Å²) in [4.78, 5) is 18.4. The first-order valence-electron chi connectivity index (χ1n) is 9.14. The summed E-state index contributed by atoms with van der Waals surface area (Å²) in [6, 6.07) is 13.5. The predicted molar refractivity (Wildman–Crippen MR) is 103 cm³/mol. The van der Waals surface area contributed by atoms with Crippen LogP contribution in [0.4, 0.5) is 23.7 Å². The van der Waals surface area contributed by atoms with E-state index in [9.17, 15) is 18.0 Å². The van der Waals surface area contributed by atoms with E-state index in [1.54, 1.807) is 11.1 Å². The number of benzene rings is 2. The highest BCUT2D eigenvalue weighted by Gasteiger charge is 2.31. The summed E-state index contributed by atoms with van der Waals surface area (Å²) in [7, 11) is 0. The normalized spacial score (nSPS) is 16.8. The molecule has 29 heavy (non-hydrogen) atoms. The molecule has 0 spiro atoms. The van der Waals surface area contributed by atoms with Gasteiger partial charge in [0.2, 0.25) is 0 Å². The second-order valence-electron chi connectivity index (χ2n) is 6.81. The monoisotopic (exact) mass is 401 g/mol.